The van der Waals surface area contributed by atoms with Gasteiger partial charge in [-0.05, 0) is 26.0 Å². The fourth-order valence-electron chi connectivity index (χ4n) is 0.843. The van der Waals surface area contributed by atoms with Crippen molar-refractivity contribution in [2.45, 2.75) is 20.3 Å². The first kappa shape index (κ1) is 9.65. The molecule has 68 valence electrons. The van der Waals surface area contributed by atoms with Crippen LogP contribution in [0.3, 0.4) is 0 Å². The molecule has 2 heteroatoms. The van der Waals surface area contributed by atoms with Crippen LogP contribution in [0.15, 0.2) is 41.2 Å². The van der Waals surface area contributed by atoms with Crippen LogP contribution in [0.25, 0.3) is 0 Å². The molecule has 1 heterocycles. The van der Waals surface area contributed by atoms with E-state index in [1.165, 1.54) is 5.57 Å². The third-order valence-corrected chi connectivity index (χ3v) is 1.81. The van der Waals surface area contributed by atoms with Gasteiger partial charge >= 0.3 is 0 Å². The molecule has 1 aromatic rings. The van der Waals surface area contributed by atoms with E-state index < -0.39 is 0 Å². The molecule has 0 bridgehead atoms. The minimum atomic E-state index is 0.915. The molecule has 0 spiro atoms. The molecular weight excluding hydrogens is 160 g/mol. The van der Waals surface area contributed by atoms with Gasteiger partial charge < -0.3 is 0 Å². The summed E-state index contributed by atoms with van der Waals surface area (Å²) in [7, 11) is 0. The van der Waals surface area contributed by atoms with E-state index in [9.17, 15) is 0 Å². The van der Waals surface area contributed by atoms with Crippen LogP contribution in [0.2, 0.25) is 0 Å². The molecule has 0 fully saturated rings. The topological polar surface area (TPSA) is 25.2 Å². The summed E-state index contributed by atoms with van der Waals surface area (Å²) in [5.41, 5.74) is 2.29. The van der Waals surface area contributed by atoms with Crippen molar-refractivity contribution in [3.8, 4) is 0 Å². The van der Waals surface area contributed by atoms with E-state index in [2.05, 4.69) is 23.0 Å². The average Bonchev–Trinajstić information content (AvgIpc) is 2.19. The number of aliphatic imine (C=N–C) groups is 1. The molecule has 13 heavy (non-hydrogen) atoms. The van der Waals surface area contributed by atoms with E-state index in [4.69, 9.17) is 0 Å². The van der Waals surface area contributed by atoms with Crippen LogP contribution in [0.5, 0.6) is 0 Å². The van der Waals surface area contributed by atoms with Gasteiger partial charge in [-0.15, -0.1) is 0 Å². The number of hydrogen-bond acceptors (Lipinski definition) is 2. The predicted octanol–water partition coefficient (Wildman–Crippen LogP) is 3.14. The normalized spacial score (nSPS) is 12.3. The third kappa shape index (κ3) is 3.65. The molecule has 0 saturated heterocycles. The lowest BCUT2D eigenvalue weighted by molar-refractivity contribution is 1.26. The molecule has 0 saturated carbocycles. The van der Waals surface area contributed by atoms with E-state index in [-0.39, 0.29) is 0 Å². The van der Waals surface area contributed by atoms with Crippen LogP contribution in [0.4, 0.5) is 5.69 Å². The lowest BCUT2D eigenvalue weighted by Crippen LogP contribution is -1.77. The van der Waals surface area contributed by atoms with Crippen molar-refractivity contribution in [1.29, 1.82) is 0 Å². The van der Waals surface area contributed by atoms with Crippen molar-refractivity contribution in [2.75, 3.05) is 0 Å². The Hall–Kier alpha value is -1.44. The van der Waals surface area contributed by atoms with Crippen molar-refractivity contribution < 1.29 is 0 Å². The van der Waals surface area contributed by atoms with Gasteiger partial charge in [-0.3, -0.25) is 9.98 Å². The summed E-state index contributed by atoms with van der Waals surface area (Å²) in [6, 6.07) is 3.78. The Balaban J connectivity index is 2.50. The lowest BCUT2D eigenvalue weighted by atomic mass is 10.2. The van der Waals surface area contributed by atoms with Crippen LogP contribution >= 0.6 is 0 Å². The van der Waals surface area contributed by atoms with Crippen LogP contribution in [0.1, 0.15) is 20.3 Å². The molecule has 0 aliphatic heterocycles. The Kier molecular flexibility index (Phi) is 3.89. The second kappa shape index (κ2) is 5.25. The number of allylic oxidation sites excluding steroid dienone is 2. The molecule has 0 radical (unpaired) electrons. The summed E-state index contributed by atoms with van der Waals surface area (Å²) in [5, 5.41) is 0. The number of pyridine rings is 1. The van der Waals surface area contributed by atoms with Crippen molar-refractivity contribution >= 4 is 11.9 Å². The van der Waals surface area contributed by atoms with Crippen molar-refractivity contribution in [3.05, 3.63) is 36.2 Å². The highest BCUT2D eigenvalue weighted by Gasteiger charge is 1.85. The first-order chi connectivity index (χ1) is 6.33. The third-order valence-electron chi connectivity index (χ3n) is 1.81. The number of rotatable bonds is 3. The molecular formula is C11H14N2. The highest BCUT2D eigenvalue weighted by atomic mass is 14.7. The fraction of sp³-hybridized carbons (Fsp3) is 0.273. The highest BCUT2D eigenvalue weighted by molar-refractivity contribution is 5.65. The Morgan fingerprint density at radius 2 is 2.15 bits per heavy atom. The second-order valence-corrected chi connectivity index (χ2v) is 2.86. The Morgan fingerprint density at radius 3 is 2.77 bits per heavy atom. The standard InChI is InChI=1S/C11H14N2/c1-3-10(2)4-9-13-11-5-7-12-8-6-11/h3,5-9H,4H2,1-2H3/b10-3-,13-9?. The first-order valence-electron chi connectivity index (χ1n) is 4.37. The maximum Gasteiger partial charge on any atom is 0.0656 e. The maximum absolute atomic E-state index is 4.29. The van der Waals surface area contributed by atoms with Crippen LogP contribution < -0.4 is 0 Å². The van der Waals surface area contributed by atoms with Gasteiger partial charge in [0.1, 0.15) is 0 Å². The summed E-state index contributed by atoms with van der Waals surface area (Å²) >= 11 is 0. The minimum absolute atomic E-state index is 0.915. The first-order valence-corrected chi connectivity index (χ1v) is 4.37. The molecule has 0 unspecified atom stereocenters. The van der Waals surface area contributed by atoms with Crippen molar-refractivity contribution in [3.63, 3.8) is 0 Å². The molecule has 0 aliphatic carbocycles. The average molecular weight is 174 g/mol. The summed E-state index contributed by atoms with van der Waals surface area (Å²) in [6.07, 6.45) is 8.42. The highest BCUT2D eigenvalue weighted by Crippen LogP contribution is 2.08. The number of nitrogens with zero attached hydrogens (tertiary/aromatic N) is 2. The molecule has 0 aromatic carbocycles. The van der Waals surface area contributed by atoms with Gasteiger partial charge in [0, 0.05) is 25.0 Å². The summed E-state index contributed by atoms with van der Waals surface area (Å²) in [5.74, 6) is 0. The van der Waals surface area contributed by atoms with Gasteiger partial charge in [0.25, 0.3) is 0 Å². The van der Waals surface area contributed by atoms with Crippen LogP contribution in [0, 0.1) is 0 Å². The molecule has 0 atom stereocenters. The summed E-state index contributed by atoms with van der Waals surface area (Å²) in [6.45, 7) is 4.13. The van der Waals surface area contributed by atoms with E-state index in [1.54, 1.807) is 12.4 Å². The van der Waals surface area contributed by atoms with Gasteiger partial charge in [-0.1, -0.05) is 11.6 Å². The zero-order valence-corrected chi connectivity index (χ0v) is 8.07. The Bertz CT molecular complexity index is 299. The zero-order valence-electron chi connectivity index (χ0n) is 8.07. The van der Waals surface area contributed by atoms with Crippen molar-refractivity contribution in [1.82, 2.24) is 4.98 Å². The van der Waals surface area contributed by atoms with Gasteiger partial charge in [0.15, 0.2) is 0 Å². The van der Waals surface area contributed by atoms with Crippen molar-refractivity contribution in [2.24, 2.45) is 4.99 Å². The minimum Gasteiger partial charge on any atom is -0.265 e. The van der Waals surface area contributed by atoms with Gasteiger partial charge in [-0.25, -0.2) is 0 Å². The zero-order chi connectivity index (χ0) is 9.52. The number of hydrogen-bond donors (Lipinski definition) is 0. The largest absolute Gasteiger partial charge is 0.265 e. The molecule has 1 rings (SSSR count). The number of aromatic nitrogens is 1. The van der Waals surface area contributed by atoms with Crippen LogP contribution in [-0.4, -0.2) is 11.2 Å². The lowest BCUT2D eigenvalue weighted by Gasteiger charge is -1.92. The molecule has 0 N–H and O–H groups in total. The van der Waals surface area contributed by atoms with E-state index in [0.29, 0.717) is 0 Å². The Morgan fingerprint density at radius 1 is 1.46 bits per heavy atom. The summed E-state index contributed by atoms with van der Waals surface area (Å²) in [4.78, 5) is 8.21. The predicted molar refractivity (Wildman–Crippen MR) is 56.4 cm³/mol. The fourth-order valence-corrected chi connectivity index (χ4v) is 0.843. The van der Waals surface area contributed by atoms with Gasteiger partial charge in [0.2, 0.25) is 0 Å². The smallest absolute Gasteiger partial charge is 0.0656 e. The van der Waals surface area contributed by atoms with Crippen LogP contribution in [-0.2, 0) is 0 Å². The second-order valence-electron chi connectivity index (χ2n) is 2.86. The molecule has 0 aliphatic rings. The van der Waals surface area contributed by atoms with E-state index in [1.807, 2.05) is 25.3 Å². The quantitative estimate of drug-likeness (QED) is 0.510. The maximum atomic E-state index is 4.29. The summed E-state index contributed by atoms with van der Waals surface area (Å²) < 4.78 is 0. The Labute approximate surface area is 79.0 Å². The molecule has 2 nitrogen and oxygen atoms in total. The monoisotopic (exact) mass is 174 g/mol. The molecule has 1 aromatic heterocycles. The van der Waals surface area contributed by atoms with E-state index >= 15 is 0 Å². The van der Waals surface area contributed by atoms with Gasteiger partial charge in [-0.2, -0.15) is 0 Å². The SMILES string of the molecule is C/C=C(/C)CC=Nc1ccncc1. The molecule has 0 amide bonds. The van der Waals surface area contributed by atoms with Gasteiger partial charge in [0.05, 0.1) is 5.69 Å². The van der Waals surface area contributed by atoms with E-state index in [0.717, 1.165) is 12.1 Å².